The zero-order chi connectivity index (χ0) is 30.2. The molecule has 3 atom stereocenters. The summed E-state index contributed by atoms with van der Waals surface area (Å²) >= 11 is 0. The first kappa shape index (κ1) is 26.9. The Bertz CT molecular complexity index is 1840. The van der Waals surface area contributed by atoms with E-state index in [2.05, 4.69) is 32.6 Å². The number of amides is 2. The minimum Gasteiger partial charge on any atom is -0.483 e. The number of carboxylic acid groups (broad SMARTS) is 1. The lowest BCUT2D eigenvalue weighted by Gasteiger charge is -2.59. The van der Waals surface area contributed by atoms with E-state index in [4.69, 9.17) is 4.74 Å². The molecular formula is C32H33N7O5. The van der Waals surface area contributed by atoms with Crippen molar-refractivity contribution in [3.63, 3.8) is 0 Å². The van der Waals surface area contributed by atoms with Gasteiger partial charge in [0, 0.05) is 37.1 Å². The van der Waals surface area contributed by atoms with Gasteiger partial charge in [-0.2, -0.15) is 5.10 Å². The maximum absolute atomic E-state index is 13.8. The van der Waals surface area contributed by atoms with Gasteiger partial charge in [0.05, 0.1) is 17.3 Å². The Kier molecular flexibility index (Phi) is 5.88. The van der Waals surface area contributed by atoms with Gasteiger partial charge in [0.25, 0.3) is 11.8 Å². The molecule has 4 aliphatic carbocycles. The Balaban J connectivity index is 1.01. The highest BCUT2D eigenvalue weighted by Crippen LogP contribution is 2.68. The number of carbonyl (C=O) groups excluding carboxylic acids is 2. The van der Waals surface area contributed by atoms with Crippen molar-refractivity contribution in [2.45, 2.75) is 64.6 Å². The third-order valence-corrected chi connectivity index (χ3v) is 11.1. The topological polar surface area (TPSA) is 153 Å². The Labute approximate surface area is 252 Å². The lowest BCUT2D eigenvalue weighted by atomic mass is 9.45. The molecule has 1 aliphatic heterocycles. The van der Waals surface area contributed by atoms with Crippen LogP contribution in [-0.2, 0) is 17.9 Å². The number of ether oxygens (including phenoxy) is 1. The van der Waals surface area contributed by atoms with Crippen molar-refractivity contribution in [3.05, 3.63) is 71.7 Å². The van der Waals surface area contributed by atoms with E-state index in [0.29, 0.717) is 25.1 Å². The van der Waals surface area contributed by atoms with Crippen LogP contribution < -0.4 is 15.4 Å². The number of nitrogens with one attached hydrogen (secondary N) is 2. The number of benzene rings is 1. The normalized spacial score (nSPS) is 28.1. The average molecular weight is 596 g/mol. The number of aromatic nitrogens is 5. The standard InChI is InChI=1S/C32H33N7O5/c1-18-20-3-5-25(32(20)9-7-31(18,8-10-32)30(42)43)37-29(41)23-15-21(36-26-6-11-35-39(23)26)28(40)34-16-19-2-4-24-22(14-19)38-13-12-33-27(38)17-44-24/h2,4,6,11-15,18,20,25H,3,5,7-10,16-17H2,1H3,(H,34,40)(H,37,41)(H,42,43)/t18?,20?,25-,31?,32?/m0/s1. The molecule has 4 fully saturated rings. The second-order valence-electron chi connectivity index (χ2n) is 12.8. The van der Waals surface area contributed by atoms with E-state index in [1.54, 1.807) is 18.5 Å². The van der Waals surface area contributed by atoms with Crippen LogP contribution in [0.15, 0.2) is 48.9 Å². The SMILES string of the molecule is CC1C2CC[C@H](NC(=O)c3cc(C(=O)NCc4ccc5c(c4)-n4ccnc4CO5)nc4ccnn34)C23CCC1(C(=O)O)CC3. The van der Waals surface area contributed by atoms with Crippen LogP contribution in [-0.4, -0.2) is 53.1 Å². The Hall–Kier alpha value is -4.74. The summed E-state index contributed by atoms with van der Waals surface area (Å²) in [5.41, 5.74) is 1.76. The summed E-state index contributed by atoms with van der Waals surface area (Å²) in [7, 11) is 0. The molecule has 4 heterocycles. The number of carboxylic acids is 1. The minimum absolute atomic E-state index is 0.0606. The molecule has 0 radical (unpaired) electrons. The van der Waals surface area contributed by atoms with Crippen LogP contribution in [0.1, 0.15) is 77.8 Å². The maximum Gasteiger partial charge on any atom is 0.309 e. The molecule has 1 spiro atoms. The number of hydrogen-bond donors (Lipinski definition) is 3. The van der Waals surface area contributed by atoms with E-state index >= 15 is 0 Å². The van der Waals surface area contributed by atoms with Gasteiger partial charge in [0.15, 0.2) is 11.5 Å². The number of nitrogens with zero attached hydrogens (tertiary/aromatic N) is 5. The van der Waals surface area contributed by atoms with Crippen molar-refractivity contribution < 1.29 is 24.2 Å². The smallest absolute Gasteiger partial charge is 0.309 e. The lowest BCUT2D eigenvalue weighted by molar-refractivity contribution is -0.175. The molecule has 12 nitrogen and oxygen atoms in total. The molecule has 9 rings (SSSR count). The third-order valence-electron chi connectivity index (χ3n) is 11.1. The van der Waals surface area contributed by atoms with Crippen LogP contribution in [0.5, 0.6) is 5.75 Å². The summed E-state index contributed by atoms with van der Waals surface area (Å²) in [4.78, 5) is 48.2. The molecule has 4 aromatic rings. The second kappa shape index (κ2) is 9.63. The number of carbonyl (C=O) groups is 3. The minimum atomic E-state index is -0.678. The lowest BCUT2D eigenvalue weighted by Crippen LogP contribution is -2.60. The van der Waals surface area contributed by atoms with E-state index < -0.39 is 17.3 Å². The van der Waals surface area contributed by atoms with Crippen LogP contribution in [0.3, 0.4) is 0 Å². The first-order valence-electron chi connectivity index (χ1n) is 15.2. The van der Waals surface area contributed by atoms with Gasteiger partial charge in [-0.15, -0.1) is 0 Å². The molecule has 4 saturated carbocycles. The predicted octanol–water partition coefficient (Wildman–Crippen LogP) is 3.53. The van der Waals surface area contributed by atoms with Gasteiger partial charge < -0.3 is 20.5 Å². The molecule has 1 aromatic carbocycles. The Morgan fingerprint density at radius 2 is 1.91 bits per heavy atom. The quantitative estimate of drug-likeness (QED) is 0.306. The first-order valence-corrected chi connectivity index (χ1v) is 15.2. The first-order chi connectivity index (χ1) is 21.3. The number of hydrogen-bond acceptors (Lipinski definition) is 7. The number of imidazole rings is 1. The fraction of sp³-hybridized carbons (Fsp3) is 0.438. The monoisotopic (exact) mass is 595 g/mol. The highest BCUT2D eigenvalue weighted by atomic mass is 16.5. The third kappa shape index (κ3) is 3.82. The molecule has 2 bridgehead atoms. The van der Waals surface area contributed by atoms with Crippen molar-refractivity contribution in [1.29, 1.82) is 0 Å². The van der Waals surface area contributed by atoms with Crippen LogP contribution in [0.25, 0.3) is 11.3 Å². The Morgan fingerprint density at radius 3 is 2.73 bits per heavy atom. The van der Waals surface area contributed by atoms with Crippen LogP contribution in [0, 0.1) is 22.7 Å². The van der Waals surface area contributed by atoms with E-state index in [9.17, 15) is 19.5 Å². The molecule has 2 unspecified atom stereocenters. The summed E-state index contributed by atoms with van der Waals surface area (Å²) < 4.78 is 9.22. The molecule has 44 heavy (non-hydrogen) atoms. The maximum atomic E-state index is 13.8. The van der Waals surface area contributed by atoms with Crippen molar-refractivity contribution in [1.82, 2.24) is 34.8 Å². The molecule has 3 N–H and O–H groups in total. The van der Waals surface area contributed by atoms with Gasteiger partial charge in [-0.3, -0.25) is 19.0 Å². The molecule has 2 amide bonds. The predicted molar refractivity (Wildman–Crippen MR) is 156 cm³/mol. The highest BCUT2D eigenvalue weighted by Gasteiger charge is 2.66. The average Bonchev–Trinajstić information content (AvgIpc) is 3.79. The zero-order valence-electron chi connectivity index (χ0n) is 24.3. The van der Waals surface area contributed by atoms with E-state index in [0.717, 1.165) is 48.5 Å². The van der Waals surface area contributed by atoms with Crippen LogP contribution in [0.2, 0.25) is 0 Å². The molecule has 5 aliphatic rings. The molecule has 0 saturated heterocycles. The number of rotatable bonds is 6. The molecule has 226 valence electrons. The van der Waals surface area contributed by atoms with Crippen LogP contribution >= 0.6 is 0 Å². The fourth-order valence-electron chi connectivity index (χ4n) is 8.76. The zero-order valence-corrected chi connectivity index (χ0v) is 24.3. The molecule has 12 heteroatoms. The van der Waals surface area contributed by atoms with Gasteiger partial charge in [-0.25, -0.2) is 14.5 Å². The molecule has 3 aromatic heterocycles. The van der Waals surface area contributed by atoms with E-state index in [1.807, 2.05) is 29.0 Å². The van der Waals surface area contributed by atoms with Crippen molar-refractivity contribution in [2.75, 3.05) is 0 Å². The Morgan fingerprint density at radius 1 is 1.07 bits per heavy atom. The van der Waals surface area contributed by atoms with Crippen molar-refractivity contribution >= 4 is 23.4 Å². The van der Waals surface area contributed by atoms with E-state index in [-0.39, 0.29) is 47.1 Å². The van der Waals surface area contributed by atoms with Gasteiger partial charge >= 0.3 is 5.97 Å². The summed E-state index contributed by atoms with van der Waals surface area (Å²) in [5.74, 6) is 0.507. The summed E-state index contributed by atoms with van der Waals surface area (Å²) in [5, 5.41) is 20.6. The highest BCUT2D eigenvalue weighted by molar-refractivity contribution is 5.98. The van der Waals surface area contributed by atoms with Gasteiger partial charge in [-0.1, -0.05) is 13.0 Å². The van der Waals surface area contributed by atoms with Crippen molar-refractivity contribution in [3.8, 4) is 11.4 Å². The van der Waals surface area contributed by atoms with Crippen molar-refractivity contribution in [2.24, 2.45) is 22.7 Å². The second-order valence-corrected chi connectivity index (χ2v) is 12.8. The van der Waals surface area contributed by atoms with Gasteiger partial charge in [0.1, 0.15) is 23.7 Å². The van der Waals surface area contributed by atoms with Crippen LogP contribution in [0.4, 0.5) is 0 Å². The molecular weight excluding hydrogens is 562 g/mol. The number of aliphatic carboxylic acids is 1. The fourth-order valence-corrected chi connectivity index (χ4v) is 8.76. The summed E-state index contributed by atoms with van der Waals surface area (Å²) in [6.07, 6.45) is 9.78. The van der Waals surface area contributed by atoms with E-state index in [1.165, 1.54) is 10.6 Å². The summed E-state index contributed by atoms with van der Waals surface area (Å²) in [6, 6.07) is 8.84. The summed E-state index contributed by atoms with van der Waals surface area (Å²) in [6.45, 7) is 2.75. The number of fused-ring (bicyclic) bond motifs is 6. The largest absolute Gasteiger partial charge is 0.483 e. The van der Waals surface area contributed by atoms with Gasteiger partial charge in [-0.05, 0) is 73.5 Å². The van der Waals surface area contributed by atoms with Gasteiger partial charge in [0.2, 0.25) is 0 Å².